The average molecular weight is 386 g/mol. The largest absolute Gasteiger partial charge is 0.456 e. The monoisotopic (exact) mass is 386 g/mol. The fourth-order valence-corrected chi connectivity index (χ4v) is 4.22. The fraction of sp³-hybridized carbons (Fsp3) is 0.524. The molecule has 150 valence electrons. The zero-order chi connectivity index (χ0) is 20.6. The van der Waals surface area contributed by atoms with Crippen molar-refractivity contribution in [2.75, 3.05) is 6.61 Å². The van der Waals surface area contributed by atoms with E-state index < -0.39 is 30.5 Å². The lowest BCUT2D eigenvalue weighted by Crippen LogP contribution is -2.44. The Hall–Kier alpha value is -2.70. The fourth-order valence-electron chi connectivity index (χ4n) is 4.22. The molecule has 3 rings (SSSR count). The lowest BCUT2D eigenvalue weighted by molar-refractivity contribution is -0.157. The number of rotatable bonds is 6. The maximum Gasteiger partial charge on any atom is 0.329 e. The smallest absolute Gasteiger partial charge is 0.329 e. The second-order valence-electron chi connectivity index (χ2n) is 7.44. The minimum Gasteiger partial charge on any atom is -0.456 e. The van der Waals surface area contributed by atoms with E-state index in [1.807, 2.05) is 37.5 Å². The highest BCUT2D eigenvalue weighted by atomic mass is 16.5. The molecule has 0 unspecified atom stereocenters. The van der Waals surface area contributed by atoms with Crippen molar-refractivity contribution in [1.82, 2.24) is 9.47 Å². The molecule has 2 heterocycles. The summed E-state index contributed by atoms with van der Waals surface area (Å²) in [6.07, 6.45) is 4.81. The Morgan fingerprint density at radius 2 is 1.71 bits per heavy atom. The summed E-state index contributed by atoms with van der Waals surface area (Å²) in [6, 6.07) is 0.741. The number of amides is 2. The molecule has 28 heavy (non-hydrogen) atoms. The molecule has 7 nitrogen and oxygen atoms in total. The predicted molar refractivity (Wildman–Crippen MR) is 102 cm³/mol. The zero-order valence-electron chi connectivity index (χ0n) is 16.7. The molecule has 7 heteroatoms. The third-order valence-corrected chi connectivity index (χ3v) is 5.81. The van der Waals surface area contributed by atoms with Crippen molar-refractivity contribution in [2.24, 2.45) is 11.8 Å². The van der Waals surface area contributed by atoms with E-state index in [9.17, 15) is 19.2 Å². The van der Waals surface area contributed by atoms with E-state index in [4.69, 9.17) is 4.74 Å². The van der Waals surface area contributed by atoms with E-state index in [1.54, 1.807) is 6.07 Å². The zero-order valence-corrected chi connectivity index (χ0v) is 16.7. The molecule has 1 fully saturated rings. The first kappa shape index (κ1) is 20.0. The summed E-state index contributed by atoms with van der Waals surface area (Å²) in [4.78, 5) is 51.1. The lowest BCUT2D eigenvalue weighted by Gasteiger charge is -2.21. The van der Waals surface area contributed by atoms with Gasteiger partial charge in [0.1, 0.15) is 6.04 Å². The minimum absolute atomic E-state index is 0.301. The summed E-state index contributed by atoms with van der Waals surface area (Å²) >= 11 is 0. The van der Waals surface area contributed by atoms with Gasteiger partial charge in [-0.2, -0.15) is 0 Å². The van der Waals surface area contributed by atoms with Crippen LogP contribution in [0.5, 0.6) is 0 Å². The highest BCUT2D eigenvalue weighted by Gasteiger charge is 2.50. The third kappa shape index (κ3) is 3.30. The highest BCUT2D eigenvalue weighted by molar-refractivity contribution is 6.08. The molecule has 2 aliphatic rings. The van der Waals surface area contributed by atoms with Crippen LogP contribution in [0.1, 0.15) is 48.4 Å². The van der Waals surface area contributed by atoms with E-state index >= 15 is 0 Å². The molecule has 0 N–H and O–H groups in total. The van der Waals surface area contributed by atoms with Crippen molar-refractivity contribution in [3.05, 3.63) is 35.2 Å². The van der Waals surface area contributed by atoms with Crippen LogP contribution in [0, 0.1) is 25.7 Å². The maximum atomic E-state index is 12.6. The number of esters is 1. The average Bonchev–Trinajstić information content (AvgIpc) is 3.12. The van der Waals surface area contributed by atoms with Crippen LogP contribution in [0.3, 0.4) is 0 Å². The van der Waals surface area contributed by atoms with Crippen LogP contribution >= 0.6 is 0 Å². The van der Waals surface area contributed by atoms with Crippen LogP contribution in [0.15, 0.2) is 18.2 Å². The Bertz CT molecular complexity index is 840. The van der Waals surface area contributed by atoms with Gasteiger partial charge in [-0.15, -0.1) is 0 Å². The highest BCUT2D eigenvalue weighted by Crippen LogP contribution is 2.36. The first-order valence-corrected chi connectivity index (χ1v) is 9.66. The van der Waals surface area contributed by atoms with Gasteiger partial charge in [-0.25, -0.2) is 4.79 Å². The predicted octanol–water partition coefficient (Wildman–Crippen LogP) is 2.19. The Kier molecular flexibility index (Phi) is 5.54. The topological polar surface area (TPSA) is 85.7 Å². The second kappa shape index (κ2) is 7.73. The molecule has 1 aliphatic carbocycles. The van der Waals surface area contributed by atoms with Crippen LogP contribution in [0.2, 0.25) is 0 Å². The van der Waals surface area contributed by atoms with Crippen LogP contribution in [0.4, 0.5) is 0 Å². The summed E-state index contributed by atoms with van der Waals surface area (Å²) < 4.78 is 7.17. The van der Waals surface area contributed by atoms with Gasteiger partial charge >= 0.3 is 5.97 Å². The van der Waals surface area contributed by atoms with Gasteiger partial charge in [0.05, 0.1) is 11.8 Å². The number of nitrogens with zero attached hydrogens (tertiary/aromatic N) is 2. The van der Waals surface area contributed by atoms with Gasteiger partial charge in [0.2, 0.25) is 17.6 Å². The van der Waals surface area contributed by atoms with Crippen molar-refractivity contribution >= 4 is 23.6 Å². The normalized spacial score (nSPS) is 22.4. The van der Waals surface area contributed by atoms with E-state index in [2.05, 4.69) is 0 Å². The summed E-state index contributed by atoms with van der Waals surface area (Å²) in [7, 11) is 0. The molecule has 0 radical (unpaired) electrons. The van der Waals surface area contributed by atoms with Crippen LogP contribution in [-0.4, -0.2) is 45.7 Å². The van der Waals surface area contributed by atoms with Crippen molar-refractivity contribution < 1.29 is 23.9 Å². The van der Waals surface area contributed by atoms with Crippen molar-refractivity contribution in [1.29, 1.82) is 0 Å². The number of aromatic nitrogens is 1. The number of carbonyl (C=O) groups excluding carboxylic acids is 4. The molecular formula is C21H26N2O5. The molecule has 1 aromatic heterocycles. The number of imide groups is 1. The third-order valence-electron chi connectivity index (χ3n) is 5.81. The Labute approximate surface area is 164 Å². The van der Waals surface area contributed by atoms with Gasteiger partial charge in [0, 0.05) is 23.5 Å². The number of hydrogen-bond acceptors (Lipinski definition) is 5. The SMILES string of the molecule is CCn1c(C)cc(C(=O)COC(=O)[C@H](C)N2C(=O)[C@H]3CC=CC[C@H]3C2=O)c1C. The minimum atomic E-state index is -1.04. The van der Waals surface area contributed by atoms with Crippen LogP contribution in [0.25, 0.3) is 0 Å². The molecule has 0 bridgehead atoms. The number of ketones is 1. The number of likely N-dealkylation sites (tertiary alicyclic amines) is 1. The maximum absolute atomic E-state index is 12.6. The van der Waals surface area contributed by atoms with Gasteiger partial charge in [0.25, 0.3) is 0 Å². The van der Waals surface area contributed by atoms with E-state index in [1.165, 1.54) is 6.92 Å². The number of fused-ring (bicyclic) bond motifs is 1. The number of ether oxygens (including phenoxy) is 1. The van der Waals surface area contributed by atoms with Crippen molar-refractivity contribution in [2.45, 2.75) is 53.1 Å². The number of hydrogen-bond donors (Lipinski definition) is 0. The van der Waals surface area contributed by atoms with Crippen LogP contribution < -0.4 is 0 Å². The van der Waals surface area contributed by atoms with Crippen LogP contribution in [-0.2, 0) is 25.7 Å². The number of aryl methyl sites for hydroxylation is 1. The lowest BCUT2D eigenvalue weighted by atomic mass is 9.85. The van der Waals surface area contributed by atoms with Crippen molar-refractivity contribution in [3.63, 3.8) is 0 Å². The number of allylic oxidation sites excluding steroid dienone is 2. The van der Waals surface area contributed by atoms with Gasteiger partial charge in [-0.3, -0.25) is 19.3 Å². The quantitative estimate of drug-likeness (QED) is 0.324. The number of carbonyl (C=O) groups is 4. The number of Topliss-reactive ketones (excluding diaryl/α,β-unsaturated/α-hetero) is 1. The molecule has 0 aromatic carbocycles. The van der Waals surface area contributed by atoms with Gasteiger partial charge in [-0.1, -0.05) is 12.2 Å². The standard InChI is InChI=1S/C21H26N2O5/c1-5-22-12(2)10-17(13(22)3)18(24)11-28-21(27)14(4)23-19(25)15-8-6-7-9-16(15)20(23)26/h6-7,10,14-16H,5,8-9,11H2,1-4H3/t14-,15-,16+/m0/s1. The molecule has 1 aliphatic heterocycles. The van der Waals surface area contributed by atoms with E-state index in [0.717, 1.165) is 22.8 Å². The summed E-state index contributed by atoms with van der Waals surface area (Å²) in [5.41, 5.74) is 2.31. The van der Waals surface area contributed by atoms with Gasteiger partial charge in [-0.05, 0) is 46.6 Å². The Morgan fingerprint density at radius 1 is 1.14 bits per heavy atom. The second-order valence-corrected chi connectivity index (χ2v) is 7.44. The molecule has 1 aromatic rings. The molecule has 0 saturated carbocycles. The van der Waals surface area contributed by atoms with Gasteiger partial charge in [0.15, 0.2) is 6.61 Å². The molecule has 0 spiro atoms. The Balaban J connectivity index is 1.64. The summed E-state index contributed by atoms with van der Waals surface area (Å²) in [5.74, 6) is -2.50. The first-order valence-electron chi connectivity index (χ1n) is 9.66. The van der Waals surface area contributed by atoms with E-state index in [0.29, 0.717) is 18.4 Å². The summed E-state index contributed by atoms with van der Waals surface area (Å²) in [5, 5.41) is 0. The first-order chi connectivity index (χ1) is 13.3. The molecule has 1 saturated heterocycles. The molecule has 3 atom stereocenters. The van der Waals surface area contributed by atoms with Crippen molar-refractivity contribution in [3.8, 4) is 0 Å². The molecule has 2 amide bonds. The molecular weight excluding hydrogens is 360 g/mol. The summed E-state index contributed by atoms with van der Waals surface area (Å²) in [6.45, 7) is 7.56. The Morgan fingerprint density at radius 3 is 2.21 bits per heavy atom. The van der Waals surface area contributed by atoms with Gasteiger partial charge < -0.3 is 9.30 Å². The van der Waals surface area contributed by atoms with E-state index in [-0.39, 0.29) is 17.6 Å².